The molecule has 42 heavy (non-hydrogen) atoms. The van der Waals surface area contributed by atoms with Crippen molar-refractivity contribution in [2.24, 2.45) is 0 Å². The molecule has 0 bridgehead atoms. The third-order valence-electron chi connectivity index (χ3n) is 7.17. The first kappa shape index (κ1) is 28.6. The predicted molar refractivity (Wildman–Crippen MR) is 162 cm³/mol. The van der Waals surface area contributed by atoms with Gasteiger partial charge in [0.15, 0.2) is 0 Å². The molecule has 1 N–H and O–H groups in total. The Morgan fingerprint density at radius 3 is 2.24 bits per heavy atom. The minimum absolute atomic E-state index is 0.0490. The molecule has 1 amide bonds. The van der Waals surface area contributed by atoms with Gasteiger partial charge in [0.1, 0.15) is 29.6 Å². The van der Waals surface area contributed by atoms with Gasteiger partial charge in [-0.25, -0.2) is 0 Å². The number of carbonyl (C=O) groups excluding carboxylic acids is 2. The smallest absolute Gasteiger partial charge is 0.295 e. The van der Waals surface area contributed by atoms with E-state index in [4.69, 9.17) is 9.47 Å². The van der Waals surface area contributed by atoms with E-state index in [0.717, 1.165) is 11.1 Å². The summed E-state index contributed by atoms with van der Waals surface area (Å²) in [6.07, 6.45) is 0. The van der Waals surface area contributed by atoms with Gasteiger partial charge < -0.3 is 24.4 Å². The first-order valence-electron chi connectivity index (χ1n) is 13.9. The molecular weight excluding hydrogens is 528 g/mol. The number of ketones is 1. The average molecular weight is 563 g/mol. The lowest BCUT2D eigenvalue weighted by molar-refractivity contribution is -0.140. The van der Waals surface area contributed by atoms with Gasteiger partial charge in [-0.3, -0.25) is 9.59 Å². The van der Waals surface area contributed by atoms with Crippen molar-refractivity contribution in [3.05, 3.63) is 131 Å². The van der Waals surface area contributed by atoms with Crippen LogP contribution >= 0.6 is 0 Å². The maximum Gasteiger partial charge on any atom is 0.295 e. The van der Waals surface area contributed by atoms with Gasteiger partial charge in [-0.1, -0.05) is 60.7 Å². The monoisotopic (exact) mass is 562 g/mol. The zero-order valence-corrected chi connectivity index (χ0v) is 24.0. The fraction of sp³-hybridized carbons (Fsp3) is 0.200. The summed E-state index contributed by atoms with van der Waals surface area (Å²) in [6.45, 7) is 3.16. The van der Waals surface area contributed by atoms with Crippen molar-refractivity contribution in [2.45, 2.75) is 19.6 Å². The quantitative estimate of drug-likeness (QED) is 0.138. The second-order valence-corrected chi connectivity index (χ2v) is 10.5. The number of carbonyl (C=O) groups is 2. The molecule has 0 aliphatic carbocycles. The number of aliphatic hydroxyl groups excluding tert-OH is 1. The number of aliphatic hydroxyl groups is 1. The first-order chi connectivity index (χ1) is 20.3. The van der Waals surface area contributed by atoms with Gasteiger partial charge in [0, 0.05) is 18.7 Å². The van der Waals surface area contributed by atoms with E-state index < -0.39 is 17.7 Å². The number of hydrogen-bond donors (Lipinski definition) is 1. The third kappa shape index (κ3) is 6.37. The fourth-order valence-electron chi connectivity index (χ4n) is 4.99. The molecule has 1 aliphatic rings. The highest BCUT2D eigenvalue weighted by atomic mass is 16.5. The van der Waals surface area contributed by atoms with Gasteiger partial charge in [0.25, 0.3) is 11.7 Å². The minimum atomic E-state index is -0.779. The Bertz CT molecular complexity index is 1600. The van der Waals surface area contributed by atoms with E-state index in [2.05, 4.69) is 0 Å². The lowest BCUT2D eigenvalue weighted by Crippen LogP contribution is -2.35. The van der Waals surface area contributed by atoms with E-state index in [-0.39, 0.29) is 11.3 Å². The Labute approximate surface area is 246 Å². The van der Waals surface area contributed by atoms with E-state index >= 15 is 0 Å². The molecule has 0 aromatic heterocycles. The van der Waals surface area contributed by atoms with Crippen molar-refractivity contribution in [3.63, 3.8) is 0 Å². The standard InChI is InChI=1S/C35H34N2O5/c1-24-21-27(17-18-30(24)41-23-25-11-6-4-7-12-25)33(38)31-32(37(20-19-36(2)3)35(40)34(31)39)26-13-10-16-29(22-26)42-28-14-8-5-9-15-28/h4-18,21-22,32,38H,19-20,23H2,1-3H3/t32-/m0/s1. The van der Waals surface area contributed by atoms with Gasteiger partial charge in [-0.05, 0) is 80.2 Å². The number of hydrogen-bond acceptors (Lipinski definition) is 6. The Morgan fingerprint density at radius 1 is 0.857 bits per heavy atom. The maximum atomic E-state index is 13.5. The molecule has 1 saturated heterocycles. The lowest BCUT2D eigenvalue weighted by Gasteiger charge is -2.27. The summed E-state index contributed by atoms with van der Waals surface area (Å²) in [5.41, 5.74) is 2.99. The summed E-state index contributed by atoms with van der Waals surface area (Å²) >= 11 is 0. The molecular formula is C35H34N2O5. The second kappa shape index (κ2) is 12.7. The second-order valence-electron chi connectivity index (χ2n) is 10.5. The summed E-state index contributed by atoms with van der Waals surface area (Å²) < 4.78 is 12.0. The molecule has 0 unspecified atom stereocenters. The van der Waals surface area contributed by atoms with Crippen LogP contribution in [0.25, 0.3) is 5.76 Å². The number of Topliss-reactive ketones (excluding diaryl/α,β-unsaturated/α-hetero) is 1. The molecule has 214 valence electrons. The highest BCUT2D eigenvalue weighted by Gasteiger charge is 2.46. The van der Waals surface area contributed by atoms with Crippen molar-refractivity contribution in [3.8, 4) is 17.2 Å². The Hall–Kier alpha value is -4.88. The fourth-order valence-corrected chi connectivity index (χ4v) is 4.99. The minimum Gasteiger partial charge on any atom is -0.507 e. The van der Waals surface area contributed by atoms with Crippen molar-refractivity contribution >= 4 is 17.4 Å². The number of para-hydroxylation sites is 1. The van der Waals surface area contributed by atoms with Crippen LogP contribution in [0.3, 0.4) is 0 Å². The maximum absolute atomic E-state index is 13.5. The molecule has 4 aromatic carbocycles. The van der Waals surface area contributed by atoms with Gasteiger partial charge in [0.05, 0.1) is 11.6 Å². The number of aryl methyl sites for hydroxylation is 1. The SMILES string of the molecule is Cc1cc(C(O)=C2C(=O)C(=O)N(CCN(C)C)[C@H]2c2cccc(Oc3ccccc3)c2)ccc1OCc1ccccc1. The Balaban J connectivity index is 1.50. The summed E-state index contributed by atoms with van der Waals surface area (Å²) in [6, 6.07) is 31.0. The highest BCUT2D eigenvalue weighted by Crippen LogP contribution is 2.41. The van der Waals surface area contributed by atoms with Crippen LogP contribution in [0.1, 0.15) is 28.3 Å². The average Bonchev–Trinajstić information content (AvgIpc) is 3.25. The van der Waals surface area contributed by atoms with Crippen LogP contribution in [0.5, 0.6) is 17.2 Å². The van der Waals surface area contributed by atoms with Gasteiger partial charge in [-0.2, -0.15) is 0 Å². The third-order valence-corrected chi connectivity index (χ3v) is 7.17. The molecule has 7 nitrogen and oxygen atoms in total. The molecule has 5 rings (SSSR count). The van der Waals surface area contributed by atoms with Gasteiger partial charge >= 0.3 is 0 Å². The number of likely N-dealkylation sites (N-methyl/N-ethyl adjacent to an activating group) is 1. The number of ether oxygens (including phenoxy) is 2. The molecule has 1 fully saturated rings. The molecule has 4 aromatic rings. The molecule has 0 saturated carbocycles. The molecule has 1 atom stereocenters. The van der Waals surface area contributed by atoms with Crippen LogP contribution in [0.2, 0.25) is 0 Å². The largest absolute Gasteiger partial charge is 0.507 e. The number of rotatable bonds is 10. The van der Waals surface area contributed by atoms with Crippen LogP contribution in [-0.4, -0.2) is 53.8 Å². The van der Waals surface area contributed by atoms with E-state index in [1.165, 1.54) is 4.90 Å². The van der Waals surface area contributed by atoms with Crippen LogP contribution in [0, 0.1) is 6.92 Å². The van der Waals surface area contributed by atoms with E-state index in [0.29, 0.717) is 48.1 Å². The Kier molecular flexibility index (Phi) is 8.69. The zero-order chi connectivity index (χ0) is 29.6. The van der Waals surface area contributed by atoms with Gasteiger partial charge in [-0.15, -0.1) is 0 Å². The molecule has 7 heteroatoms. The van der Waals surface area contributed by atoms with Crippen molar-refractivity contribution in [1.29, 1.82) is 0 Å². The molecule has 1 aliphatic heterocycles. The van der Waals surface area contributed by atoms with Crippen LogP contribution in [0.4, 0.5) is 0 Å². The number of benzene rings is 4. The summed E-state index contributed by atoms with van der Waals surface area (Å²) in [5.74, 6) is 0.320. The van der Waals surface area contributed by atoms with Crippen molar-refractivity contribution in [2.75, 3.05) is 27.2 Å². The number of likely N-dealkylation sites (tertiary alicyclic amines) is 1. The molecule has 0 radical (unpaired) electrons. The Morgan fingerprint density at radius 2 is 1.55 bits per heavy atom. The summed E-state index contributed by atoms with van der Waals surface area (Å²) in [7, 11) is 3.81. The number of amides is 1. The van der Waals surface area contributed by atoms with Crippen molar-refractivity contribution in [1.82, 2.24) is 9.80 Å². The lowest BCUT2D eigenvalue weighted by atomic mass is 9.94. The zero-order valence-electron chi connectivity index (χ0n) is 24.0. The predicted octanol–water partition coefficient (Wildman–Crippen LogP) is 6.35. The van der Waals surface area contributed by atoms with Crippen LogP contribution in [0.15, 0.2) is 109 Å². The molecule has 0 spiro atoms. The van der Waals surface area contributed by atoms with Crippen LogP contribution in [-0.2, 0) is 16.2 Å². The van der Waals surface area contributed by atoms with Crippen molar-refractivity contribution < 1.29 is 24.2 Å². The highest BCUT2D eigenvalue weighted by molar-refractivity contribution is 6.46. The van der Waals surface area contributed by atoms with E-state index in [1.54, 1.807) is 18.2 Å². The summed E-state index contributed by atoms with van der Waals surface area (Å²) in [5, 5.41) is 11.6. The van der Waals surface area contributed by atoms with E-state index in [1.807, 2.05) is 111 Å². The van der Waals surface area contributed by atoms with Gasteiger partial charge in [0.2, 0.25) is 0 Å². The topological polar surface area (TPSA) is 79.3 Å². The number of nitrogens with zero attached hydrogens (tertiary/aromatic N) is 2. The van der Waals surface area contributed by atoms with E-state index in [9.17, 15) is 14.7 Å². The normalized spacial score (nSPS) is 16.2. The summed E-state index contributed by atoms with van der Waals surface area (Å²) in [4.78, 5) is 30.3. The first-order valence-corrected chi connectivity index (χ1v) is 13.9. The molecule has 1 heterocycles. The van der Waals surface area contributed by atoms with Crippen LogP contribution < -0.4 is 9.47 Å².